The van der Waals surface area contributed by atoms with Crippen LogP contribution in [0.25, 0.3) is 0 Å². The number of imide groups is 2. The second-order valence-corrected chi connectivity index (χ2v) is 6.01. The highest BCUT2D eigenvalue weighted by molar-refractivity contribution is 6.23. The van der Waals surface area contributed by atoms with E-state index in [0.29, 0.717) is 13.0 Å². The van der Waals surface area contributed by atoms with Crippen molar-refractivity contribution >= 4 is 24.1 Å². The lowest BCUT2D eigenvalue weighted by Crippen LogP contribution is -3.06. The number of barbiturate groups is 1. The van der Waals surface area contributed by atoms with Gasteiger partial charge in [-0.2, -0.15) is 0 Å². The maximum absolute atomic E-state index is 12.4. The summed E-state index contributed by atoms with van der Waals surface area (Å²) in [5, 5.41) is 2.23. The molecule has 1 unspecified atom stereocenters. The van der Waals surface area contributed by atoms with Gasteiger partial charge in [-0.25, -0.2) is 4.79 Å². The maximum Gasteiger partial charge on any atom is 0.330 e. The number of nitrogens with zero attached hydrogens (tertiary/aromatic N) is 2. The van der Waals surface area contributed by atoms with Crippen molar-refractivity contribution in [2.24, 2.45) is 10.9 Å². The molecular weight excluding hydrogens is 308 g/mol. The maximum atomic E-state index is 12.4. The lowest BCUT2D eigenvalue weighted by molar-refractivity contribution is -0.856. The number of hydrogen-bond donors (Lipinski definition) is 2. The van der Waals surface area contributed by atoms with Gasteiger partial charge in [0.2, 0.25) is 11.8 Å². The standard InChI is InChI=1S/C17H22N4O3/c1-20(2)11-9-18-12-14-15(22)19-17(24)21(16(14)23)10-8-13-6-4-3-5-7-13/h3-7,12,14H,8-11H2,1-2H3,(H,19,22,24)/p+1. The molecule has 1 aliphatic heterocycles. The Morgan fingerprint density at radius 2 is 1.92 bits per heavy atom. The molecule has 1 aromatic rings. The van der Waals surface area contributed by atoms with Gasteiger partial charge in [0.05, 0.1) is 27.2 Å². The monoisotopic (exact) mass is 331 g/mol. The molecule has 1 aliphatic rings. The van der Waals surface area contributed by atoms with Gasteiger partial charge in [-0.1, -0.05) is 30.3 Å². The first-order valence-corrected chi connectivity index (χ1v) is 7.98. The molecule has 0 radical (unpaired) electrons. The molecule has 2 rings (SSSR count). The third-order valence-corrected chi connectivity index (χ3v) is 3.75. The van der Waals surface area contributed by atoms with Crippen molar-refractivity contribution in [2.75, 3.05) is 33.7 Å². The molecule has 0 saturated carbocycles. The topological polar surface area (TPSA) is 83.3 Å². The fourth-order valence-corrected chi connectivity index (χ4v) is 2.33. The molecule has 0 spiro atoms. The number of likely N-dealkylation sites (N-methyl/N-ethyl adjacent to an activating group) is 1. The second kappa shape index (κ2) is 8.35. The average molecular weight is 331 g/mol. The molecule has 0 bridgehead atoms. The summed E-state index contributed by atoms with van der Waals surface area (Å²) in [7, 11) is 4.00. The van der Waals surface area contributed by atoms with Crippen LogP contribution in [0.4, 0.5) is 4.79 Å². The molecule has 7 heteroatoms. The first-order chi connectivity index (χ1) is 11.5. The van der Waals surface area contributed by atoms with Crippen molar-refractivity contribution < 1.29 is 19.3 Å². The molecular formula is C17H23N4O3+. The van der Waals surface area contributed by atoms with Gasteiger partial charge in [0.25, 0.3) is 0 Å². The summed E-state index contributed by atoms with van der Waals surface area (Å²) >= 11 is 0. The molecule has 128 valence electrons. The molecule has 0 aromatic heterocycles. The van der Waals surface area contributed by atoms with Crippen LogP contribution in [0.2, 0.25) is 0 Å². The van der Waals surface area contributed by atoms with Crippen LogP contribution < -0.4 is 10.2 Å². The quantitative estimate of drug-likeness (QED) is 0.504. The van der Waals surface area contributed by atoms with Gasteiger partial charge in [-0.15, -0.1) is 0 Å². The Morgan fingerprint density at radius 3 is 2.58 bits per heavy atom. The number of carbonyl (C=O) groups is 3. The first kappa shape index (κ1) is 17.8. The third kappa shape index (κ3) is 4.73. The number of amides is 4. The predicted octanol–water partition coefficient (Wildman–Crippen LogP) is -0.861. The van der Waals surface area contributed by atoms with Gasteiger partial charge >= 0.3 is 6.03 Å². The van der Waals surface area contributed by atoms with E-state index in [9.17, 15) is 14.4 Å². The first-order valence-electron chi connectivity index (χ1n) is 7.98. The Hall–Kier alpha value is -2.54. The third-order valence-electron chi connectivity index (χ3n) is 3.75. The minimum absolute atomic E-state index is 0.230. The highest BCUT2D eigenvalue weighted by Gasteiger charge is 2.39. The van der Waals surface area contributed by atoms with Gasteiger partial charge in [0.15, 0.2) is 5.92 Å². The van der Waals surface area contributed by atoms with E-state index in [2.05, 4.69) is 10.3 Å². The van der Waals surface area contributed by atoms with Crippen molar-refractivity contribution in [3.8, 4) is 0 Å². The number of hydrogen-bond acceptors (Lipinski definition) is 4. The van der Waals surface area contributed by atoms with Crippen LogP contribution in [0.1, 0.15) is 5.56 Å². The van der Waals surface area contributed by atoms with Crippen LogP contribution in [0.5, 0.6) is 0 Å². The predicted molar refractivity (Wildman–Crippen MR) is 89.9 cm³/mol. The minimum atomic E-state index is -1.03. The van der Waals surface area contributed by atoms with E-state index in [1.165, 1.54) is 11.1 Å². The SMILES string of the molecule is C[NH+](C)CCN=CC1C(=O)NC(=O)N(CCc2ccccc2)C1=O. The van der Waals surface area contributed by atoms with Gasteiger partial charge in [-0.05, 0) is 12.0 Å². The molecule has 1 aromatic carbocycles. The Labute approximate surface area is 141 Å². The van der Waals surface area contributed by atoms with Crippen molar-refractivity contribution in [1.29, 1.82) is 0 Å². The number of urea groups is 1. The summed E-state index contributed by atoms with van der Waals surface area (Å²) in [5.74, 6) is -2.15. The van der Waals surface area contributed by atoms with Crippen LogP contribution >= 0.6 is 0 Å². The summed E-state index contributed by atoms with van der Waals surface area (Å²) in [6, 6.07) is 8.91. The Morgan fingerprint density at radius 1 is 1.21 bits per heavy atom. The van der Waals surface area contributed by atoms with E-state index in [1.807, 2.05) is 44.4 Å². The number of carbonyl (C=O) groups excluding carboxylic acids is 3. The lowest BCUT2D eigenvalue weighted by Gasteiger charge is -2.28. The fraction of sp³-hybridized carbons (Fsp3) is 0.412. The van der Waals surface area contributed by atoms with Gasteiger partial charge in [0, 0.05) is 12.8 Å². The van der Waals surface area contributed by atoms with E-state index < -0.39 is 23.8 Å². The Balaban J connectivity index is 1.99. The van der Waals surface area contributed by atoms with E-state index >= 15 is 0 Å². The van der Waals surface area contributed by atoms with E-state index in [4.69, 9.17) is 0 Å². The van der Waals surface area contributed by atoms with Crippen molar-refractivity contribution in [2.45, 2.75) is 6.42 Å². The number of quaternary nitrogens is 1. The molecule has 7 nitrogen and oxygen atoms in total. The molecule has 1 heterocycles. The Bertz CT molecular complexity index is 628. The largest absolute Gasteiger partial charge is 0.338 e. The smallest absolute Gasteiger partial charge is 0.330 e. The van der Waals surface area contributed by atoms with E-state index in [-0.39, 0.29) is 6.54 Å². The zero-order chi connectivity index (χ0) is 17.5. The molecule has 2 N–H and O–H groups in total. The van der Waals surface area contributed by atoms with Gasteiger partial charge < -0.3 is 4.90 Å². The van der Waals surface area contributed by atoms with Crippen LogP contribution in [-0.4, -0.2) is 62.7 Å². The molecule has 1 saturated heterocycles. The fourth-order valence-electron chi connectivity index (χ4n) is 2.33. The zero-order valence-corrected chi connectivity index (χ0v) is 14.0. The highest BCUT2D eigenvalue weighted by atomic mass is 16.2. The van der Waals surface area contributed by atoms with Crippen molar-refractivity contribution in [3.05, 3.63) is 35.9 Å². The second-order valence-electron chi connectivity index (χ2n) is 6.01. The van der Waals surface area contributed by atoms with Crippen LogP contribution in [-0.2, 0) is 16.0 Å². The molecule has 0 aliphatic carbocycles. The Kier molecular flexibility index (Phi) is 6.20. The zero-order valence-electron chi connectivity index (χ0n) is 14.0. The molecule has 1 fully saturated rings. The van der Waals surface area contributed by atoms with Crippen LogP contribution in [0, 0.1) is 5.92 Å². The summed E-state index contributed by atoms with van der Waals surface area (Å²) in [6.45, 7) is 1.56. The summed E-state index contributed by atoms with van der Waals surface area (Å²) in [5.41, 5.74) is 1.02. The van der Waals surface area contributed by atoms with Crippen molar-refractivity contribution in [3.63, 3.8) is 0 Å². The molecule has 1 atom stereocenters. The molecule has 4 amide bonds. The van der Waals surface area contributed by atoms with E-state index in [0.717, 1.165) is 17.0 Å². The summed E-state index contributed by atoms with van der Waals surface area (Å²) in [6.07, 6.45) is 1.89. The van der Waals surface area contributed by atoms with Crippen LogP contribution in [0.15, 0.2) is 35.3 Å². The highest BCUT2D eigenvalue weighted by Crippen LogP contribution is 2.11. The van der Waals surface area contributed by atoms with Crippen LogP contribution in [0.3, 0.4) is 0 Å². The number of nitrogens with one attached hydrogen (secondary N) is 2. The number of aliphatic imine (C=N–C) groups is 1. The van der Waals surface area contributed by atoms with Gasteiger partial charge in [-0.3, -0.25) is 24.8 Å². The number of benzene rings is 1. The molecule has 24 heavy (non-hydrogen) atoms. The summed E-state index contributed by atoms with van der Waals surface area (Å²) < 4.78 is 0. The normalized spacial score (nSPS) is 18.5. The minimum Gasteiger partial charge on any atom is -0.338 e. The van der Waals surface area contributed by atoms with Gasteiger partial charge in [0.1, 0.15) is 0 Å². The average Bonchev–Trinajstić information content (AvgIpc) is 2.54. The number of rotatable bonds is 7. The van der Waals surface area contributed by atoms with Crippen molar-refractivity contribution in [1.82, 2.24) is 10.2 Å². The summed E-state index contributed by atoms with van der Waals surface area (Å²) in [4.78, 5) is 42.7. The lowest BCUT2D eigenvalue weighted by atomic mass is 10.1. The van der Waals surface area contributed by atoms with E-state index in [1.54, 1.807) is 0 Å².